The van der Waals surface area contributed by atoms with Crippen LogP contribution in [0.4, 0.5) is 11.4 Å². The van der Waals surface area contributed by atoms with E-state index in [1.165, 1.54) is 0 Å². The minimum Gasteiger partial charge on any atom is -0.324 e. The number of amides is 2. The Kier molecular flexibility index (Phi) is 7.87. The van der Waals surface area contributed by atoms with Crippen LogP contribution in [-0.4, -0.2) is 36.3 Å². The molecule has 2 aromatic rings. The summed E-state index contributed by atoms with van der Waals surface area (Å²) in [5.41, 5.74) is 2.27. The van der Waals surface area contributed by atoms with E-state index in [4.69, 9.17) is 11.6 Å². The Morgan fingerprint density at radius 3 is 2.43 bits per heavy atom. The topological polar surface area (TPSA) is 52.7 Å². The summed E-state index contributed by atoms with van der Waals surface area (Å²) < 4.78 is 0. The molecule has 1 aliphatic heterocycles. The van der Waals surface area contributed by atoms with Crippen molar-refractivity contribution in [3.05, 3.63) is 59.1 Å². The second-order valence-electron chi connectivity index (χ2n) is 6.56. The van der Waals surface area contributed by atoms with Crippen molar-refractivity contribution >= 4 is 47.2 Å². The molecule has 28 heavy (non-hydrogen) atoms. The number of fused-ring (bicyclic) bond motifs is 1. The lowest BCUT2D eigenvalue weighted by atomic mass is 10.0. The molecule has 1 aliphatic rings. The Labute approximate surface area is 177 Å². The second-order valence-corrected chi connectivity index (χ2v) is 7.00. The molecule has 0 aromatic heterocycles. The van der Waals surface area contributed by atoms with Crippen LogP contribution in [0.15, 0.2) is 48.5 Å². The van der Waals surface area contributed by atoms with Crippen molar-refractivity contribution in [2.45, 2.75) is 26.3 Å². The molecule has 2 amide bonds. The second kappa shape index (κ2) is 9.92. The number of para-hydroxylation sites is 2. The molecule has 7 heteroatoms. The van der Waals surface area contributed by atoms with Gasteiger partial charge in [-0.15, -0.1) is 12.4 Å². The number of anilines is 2. The number of hydrogen-bond acceptors (Lipinski definition) is 3. The van der Waals surface area contributed by atoms with Crippen molar-refractivity contribution in [2.24, 2.45) is 0 Å². The number of benzene rings is 2. The predicted molar refractivity (Wildman–Crippen MR) is 116 cm³/mol. The Balaban J connectivity index is 0.00000280. The van der Waals surface area contributed by atoms with Gasteiger partial charge in [0.2, 0.25) is 11.8 Å². The van der Waals surface area contributed by atoms with Crippen LogP contribution in [0.25, 0.3) is 0 Å². The van der Waals surface area contributed by atoms with E-state index in [1.807, 2.05) is 50.2 Å². The molecule has 0 aliphatic carbocycles. The van der Waals surface area contributed by atoms with Gasteiger partial charge in [0.1, 0.15) is 0 Å². The van der Waals surface area contributed by atoms with Crippen LogP contribution in [0.1, 0.15) is 31.9 Å². The lowest BCUT2D eigenvalue weighted by Gasteiger charge is -2.32. The summed E-state index contributed by atoms with van der Waals surface area (Å²) in [5, 5.41) is 3.55. The normalized spacial score (nSPS) is 16.1. The molecule has 0 bridgehead atoms. The smallest absolute Gasteiger partial charge is 0.241 e. The lowest BCUT2D eigenvalue weighted by Crippen LogP contribution is -2.42. The van der Waals surface area contributed by atoms with E-state index in [0.717, 1.165) is 24.3 Å². The van der Waals surface area contributed by atoms with Crippen molar-refractivity contribution in [1.29, 1.82) is 0 Å². The van der Waals surface area contributed by atoms with Crippen LogP contribution in [-0.2, 0) is 9.59 Å². The highest BCUT2D eigenvalue weighted by molar-refractivity contribution is 6.30. The van der Waals surface area contributed by atoms with Gasteiger partial charge in [-0.05, 0) is 42.9 Å². The predicted octanol–water partition coefficient (Wildman–Crippen LogP) is 4.52. The third-order valence-electron chi connectivity index (χ3n) is 4.90. The van der Waals surface area contributed by atoms with Crippen LogP contribution < -0.4 is 10.2 Å². The molecule has 150 valence electrons. The van der Waals surface area contributed by atoms with Gasteiger partial charge in [-0.3, -0.25) is 14.5 Å². The Bertz CT molecular complexity index is 823. The average molecular weight is 422 g/mol. The Hall–Kier alpha value is -2.08. The zero-order chi connectivity index (χ0) is 19.4. The maximum absolute atomic E-state index is 13.3. The average Bonchev–Trinajstić information content (AvgIpc) is 2.82. The third-order valence-corrected chi connectivity index (χ3v) is 5.16. The van der Waals surface area contributed by atoms with E-state index in [0.29, 0.717) is 17.3 Å². The van der Waals surface area contributed by atoms with Gasteiger partial charge in [-0.25, -0.2) is 0 Å². The van der Waals surface area contributed by atoms with Crippen molar-refractivity contribution in [3.8, 4) is 0 Å². The van der Waals surface area contributed by atoms with Crippen LogP contribution in [0, 0.1) is 0 Å². The highest BCUT2D eigenvalue weighted by Crippen LogP contribution is 2.38. The first kappa shape index (κ1) is 22.2. The summed E-state index contributed by atoms with van der Waals surface area (Å²) in [5.74, 6) is -0.136. The molecule has 1 atom stereocenters. The molecular formula is C21H25Cl2N3O2. The zero-order valence-electron chi connectivity index (χ0n) is 16.0. The Morgan fingerprint density at radius 1 is 1.14 bits per heavy atom. The van der Waals surface area contributed by atoms with E-state index >= 15 is 0 Å². The number of nitrogens with zero attached hydrogens (tertiary/aromatic N) is 2. The Morgan fingerprint density at radius 2 is 1.79 bits per heavy atom. The van der Waals surface area contributed by atoms with E-state index < -0.39 is 0 Å². The number of hydrogen-bond donors (Lipinski definition) is 1. The molecule has 1 unspecified atom stereocenters. The van der Waals surface area contributed by atoms with Gasteiger partial charge < -0.3 is 10.2 Å². The summed E-state index contributed by atoms with van der Waals surface area (Å²) in [4.78, 5) is 29.7. The molecule has 0 radical (unpaired) electrons. The first-order valence-electron chi connectivity index (χ1n) is 9.22. The standard InChI is InChI=1S/C21H24ClN3O2.ClH/c1-3-24(4-2)14-21(27)25-18-8-6-5-7-17(18)23-20(26)13-19(25)15-9-11-16(22)12-10-15;/h5-12,19H,3-4,13-14H2,1-2H3,(H,23,26);1H. The van der Waals surface area contributed by atoms with Gasteiger partial charge in [-0.1, -0.05) is 49.7 Å². The SMILES string of the molecule is CCN(CC)CC(=O)N1c2ccccc2NC(=O)CC1c1ccc(Cl)cc1.Cl. The van der Waals surface area contributed by atoms with E-state index in [2.05, 4.69) is 10.2 Å². The number of carbonyl (C=O) groups is 2. The van der Waals surface area contributed by atoms with Gasteiger partial charge in [-0.2, -0.15) is 0 Å². The van der Waals surface area contributed by atoms with Crippen LogP contribution in [0.2, 0.25) is 5.02 Å². The molecular weight excluding hydrogens is 397 g/mol. The molecule has 0 saturated heterocycles. The van der Waals surface area contributed by atoms with Gasteiger partial charge in [0, 0.05) is 5.02 Å². The van der Waals surface area contributed by atoms with Crippen molar-refractivity contribution in [2.75, 3.05) is 29.9 Å². The fraction of sp³-hybridized carbons (Fsp3) is 0.333. The molecule has 3 rings (SSSR count). The van der Waals surface area contributed by atoms with Gasteiger partial charge >= 0.3 is 0 Å². The fourth-order valence-electron chi connectivity index (χ4n) is 3.40. The van der Waals surface area contributed by atoms with Gasteiger partial charge in [0.15, 0.2) is 0 Å². The summed E-state index contributed by atoms with van der Waals surface area (Å²) in [6, 6.07) is 14.4. The first-order valence-corrected chi connectivity index (χ1v) is 9.60. The molecule has 0 saturated carbocycles. The molecule has 1 N–H and O–H groups in total. The summed E-state index contributed by atoms with van der Waals surface area (Å²) in [6.45, 7) is 5.96. The largest absolute Gasteiger partial charge is 0.324 e. The van der Waals surface area contributed by atoms with Crippen molar-refractivity contribution in [1.82, 2.24) is 4.90 Å². The molecule has 5 nitrogen and oxygen atoms in total. The van der Waals surface area contributed by atoms with Crippen LogP contribution >= 0.6 is 24.0 Å². The minimum atomic E-state index is -0.381. The number of rotatable bonds is 5. The van der Waals surface area contributed by atoms with Crippen molar-refractivity contribution in [3.63, 3.8) is 0 Å². The third kappa shape index (κ3) is 4.85. The number of halogens is 2. The van der Waals surface area contributed by atoms with Gasteiger partial charge in [0.25, 0.3) is 0 Å². The number of carbonyl (C=O) groups excluding carboxylic acids is 2. The number of nitrogens with one attached hydrogen (secondary N) is 1. The highest BCUT2D eigenvalue weighted by atomic mass is 35.5. The quantitative estimate of drug-likeness (QED) is 0.771. The fourth-order valence-corrected chi connectivity index (χ4v) is 3.53. The van der Waals surface area contributed by atoms with E-state index in [1.54, 1.807) is 17.0 Å². The van der Waals surface area contributed by atoms with Crippen molar-refractivity contribution < 1.29 is 9.59 Å². The monoisotopic (exact) mass is 421 g/mol. The number of likely N-dealkylation sites (N-methyl/N-ethyl adjacent to an activating group) is 1. The van der Waals surface area contributed by atoms with Crippen LogP contribution in [0.3, 0.4) is 0 Å². The summed E-state index contributed by atoms with van der Waals surface area (Å²) >= 11 is 6.03. The molecule has 0 fully saturated rings. The molecule has 1 heterocycles. The highest BCUT2D eigenvalue weighted by Gasteiger charge is 2.33. The molecule has 0 spiro atoms. The van der Waals surface area contributed by atoms with E-state index in [-0.39, 0.29) is 36.7 Å². The maximum Gasteiger partial charge on any atom is 0.241 e. The molecule has 2 aromatic carbocycles. The zero-order valence-corrected chi connectivity index (χ0v) is 17.6. The summed E-state index contributed by atoms with van der Waals surface area (Å²) in [6.07, 6.45) is 0.195. The van der Waals surface area contributed by atoms with E-state index in [9.17, 15) is 9.59 Å². The van der Waals surface area contributed by atoms with Gasteiger partial charge in [0.05, 0.1) is 30.4 Å². The maximum atomic E-state index is 13.3. The first-order chi connectivity index (χ1) is 13.0. The minimum absolute atomic E-state index is 0. The summed E-state index contributed by atoms with van der Waals surface area (Å²) in [7, 11) is 0. The lowest BCUT2D eigenvalue weighted by molar-refractivity contribution is -0.120. The van der Waals surface area contributed by atoms with Crippen LogP contribution in [0.5, 0.6) is 0 Å².